The molecule has 0 aliphatic heterocycles. The maximum Gasteiger partial charge on any atom is 0.347 e. The van der Waals surface area contributed by atoms with Crippen LogP contribution >= 0.6 is 0 Å². The number of nitrogens with one attached hydrogen (secondary N) is 1. The van der Waals surface area contributed by atoms with Gasteiger partial charge in [-0.2, -0.15) is 0 Å². The van der Waals surface area contributed by atoms with Crippen molar-refractivity contribution in [1.82, 2.24) is 0 Å². The molecule has 7 heteroatoms. The molecule has 0 aliphatic carbocycles. The van der Waals surface area contributed by atoms with Gasteiger partial charge in [-0.15, -0.1) is 0 Å². The lowest BCUT2D eigenvalue weighted by Crippen LogP contribution is -2.35. The topological polar surface area (TPSA) is 108 Å². The zero-order valence-corrected chi connectivity index (χ0v) is 17.9. The fourth-order valence-corrected chi connectivity index (χ4v) is 2.57. The van der Waals surface area contributed by atoms with E-state index >= 15 is 0 Å². The summed E-state index contributed by atoms with van der Waals surface area (Å²) in [6.45, 7) is 9.37. The maximum atomic E-state index is 12.3. The Hall–Kier alpha value is -3.35. The molecule has 0 saturated carbocycles. The van der Waals surface area contributed by atoms with E-state index in [1.165, 1.54) is 19.1 Å². The predicted molar refractivity (Wildman–Crippen MR) is 114 cm³/mol. The molecule has 2 amide bonds. The van der Waals surface area contributed by atoms with E-state index in [0.29, 0.717) is 17.0 Å². The molecule has 0 spiro atoms. The highest BCUT2D eigenvalue weighted by atomic mass is 16.6. The number of carbonyl (C=O) groups excluding carboxylic acids is 3. The molecule has 0 aromatic heterocycles. The molecule has 0 unspecified atom stereocenters. The van der Waals surface area contributed by atoms with Gasteiger partial charge in [0.25, 0.3) is 5.91 Å². The first kappa shape index (κ1) is 22.9. The number of carbonyl (C=O) groups is 3. The van der Waals surface area contributed by atoms with Gasteiger partial charge in [-0.3, -0.25) is 9.59 Å². The van der Waals surface area contributed by atoms with Gasteiger partial charge in [0.2, 0.25) is 5.91 Å². The van der Waals surface area contributed by atoms with E-state index in [0.717, 1.165) is 5.56 Å². The fourth-order valence-electron chi connectivity index (χ4n) is 2.57. The molecular formula is C23H28N2O5. The van der Waals surface area contributed by atoms with Gasteiger partial charge in [0, 0.05) is 11.3 Å². The van der Waals surface area contributed by atoms with Gasteiger partial charge in [-0.25, -0.2) is 4.79 Å². The molecule has 0 aliphatic rings. The SMILES string of the molecule is C[C@H](OC(=O)[C@@H](C)Oc1ccc(C(C)(C)C)cc1)C(=O)Nc1ccc(C(N)=O)cc1. The fraction of sp³-hybridized carbons (Fsp3) is 0.348. The molecule has 3 N–H and O–H groups in total. The third-order valence-electron chi connectivity index (χ3n) is 4.46. The van der Waals surface area contributed by atoms with E-state index in [4.69, 9.17) is 15.2 Å². The van der Waals surface area contributed by atoms with E-state index in [-0.39, 0.29) is 5.41 Å². The van der Waals surface area contributed by atoms with E-state index in [9.17, 15) is 14.4 Å². The number of primary amides is 1. The Morgan fingerprint density at radius 2 is 1.47 bits per heavy atom. The Balaban J connectivity index is 1.89. The highest BCUT2D eigenvalue weighted by molar-refractivity contribution is 5.96. The molecule has 2 aromatic carbocycles. The first-order valence-electron chi connectivity index (χ1n) is 9.66. The van der Waals surface area contributed by atoms with Crippen LogP contribution in [-0.4, -0.2) is 30.0 Å². The number of amides is 2. The average molecular weight is 412 g/mol. The van der Waals surface area contributed by atoms with Crippen molar-refractivity contribution in [1.29, 1.82) is 0 Å². The van der Waals surface area contributed by atoms with Crippen molar-refractivity contribution in [2.75, 3.05) is 5.32 Å². The minimum atomic E-state index is -1.03. The minimum Gasteiger partial charge on any atom is -0.479 e. The Kier molecular flexibility index (Phi) is 7.21. The molecule has 30 heavy (non-hydrogen) atoms. The molecule has 2 rings (SSSR count). The minimum absolute atomic E-state index is 0.0199. The van der Waals surface area contributed by atoms with Gasteiger partial charge in [0.1, 0.15) is 5.75 Å². The number of anilines is 1. The van der Waals surface area contributed by atoms with Crippen LogP contribution < -0.4 is 15.8 Å². The van der Waals surface area contributed by atoms with E-state index < -0.39 is 30.0 Å². The normalized spacial score (nSPS) is 13.1. The van der Waals surface area contributed by atoms with Crippen molar-refractivity contribution in [3.05, 3.63) is 59.7 Å². The van der Waals surface area contributed by atoms with Gasteiger partial charge in [-0.05, 0) is 61.2 Å². The van der Waals surface area contributed by atoms with E-state index in [2.05, 4.69) is 26.1 Å². The van der Waals surface area contributed by atoms with Gasteiger partial charge < -0.3 is 20.5 Å². The predicted octanol–water partition coefficient (Wildman–Crippen LogP) is 3.42. The molecule has 0 fully saturated rings. The zero-order chi connectivity index (χ0) is 22.5. The second-order valence-corrected chi connectivity index (χ2v) is 8.04. The van der Waals surface area contributed by atoms with Crippen LogP contribution in [0.2, 0.25) is 0 Å². The van der Waals surface area contributed by atoms with Crippen LogP contribution in [0.5, 0.6) is 5.75 Å². The quantitative estimate of drug-likeness (QED) is 0.678. The summed E-state index contributed by atoms with van der Waals surface area (Å²) in [5.74, 6) is -1.17. The van der Waals surface area contributed by atoms with Crippen molar-refractivity contribution < 1.29 is 23.9 Å². The standard InChI is InChI=1S/C23H28N2O5/c1-14(21(27)25-18-10-6-16(7-11-18)20(24)26)30-22(28)15(2)29-19-12-8-17(9-13-19)23(3,4)5/h6-15H,1-5H3,(H2,24,26)(H,25,27)/t14-,15+/m0/s1. The summed E-state index contributed by atoms with van der Waals surface area (Å²) in [5.41, 5.74) is 7.14. The zero-order valence-electron chi connectivity index (χ0n) is 17.9. The number of ether oxygens (including phenoxy) is 2. The highest BCUT2D eigenvalue weighted by Crippen LogP contribution is 2.24. The molecular weight excluding hydrogens is 384 g/mol. The molecule has 0 radical (unpaired) electrons. The molecule has 160 valence electrons. The van der Waals surface area contributed by atoms with Crippen LogP contribution in [0.3, 0.4) is 0 Å². The smallest absolute Gasteiger partial charge is 0.347 e. The summed E-state index contributed by atoms with van der Waals surface area (Å²) in [6, 6.07) is 13.6. The molecule has 2 aromatic rings. The Labute approximate surface area is 176 Å². The van der Waals surface area contributed by atoms with Crippen molar-refractivity contribution in [2.24, 2.45) is 5.73 Å². The van der Waals surface area contributed by atoms with Crippen molar-refractivity contribution in [3.63, 3.8) is 0 Å². The highest BCUT2D eigenvalue weighted by Gasteiger charge is 2.23. The lowest BCUT2D eigenvalue weighted by atomic mass is 9.87. The summed E-state index contributed by atoms with van der Waals surface area (Å²) in [7, 11) is 0. The average Bonchev–Trinajstić information content (AvgIpc) is 2.67. The molecule has 7 nitrogen and oxygen atoms in total. The van der Waals surface area contributed by atoms with Gasteiger partial charge >= 0.3 is 5.97 Å². The largest absolute Gasteiger partial charge is 0.479 e. The van der Waals surface area contributed by atoms with Crippen LogP contribution in [0.4, 0.5) is 5.69 Å². The molecule has 0 saturated heterocycles. The lowest BCUT2D eigenvalue weighted by Gasteiger charge is -2.20. The first-order chi connectivity index (χ1) is 14.0. The summed E-state index contributed by atoms with van der Waals surface area (Å²) < 4.78 is 10.8. The van der Waals surface area contributed by atoms with Crippen LogP contribution in [0.15, 0.2) is 48.5 Å². The molecule has 2 atom stereocenters. The maximum absolute atomic E-state index is 12.3. The first-order valence-corrected chi connectivity index (χ1v) is 9.66. The van der Waals surface area contributed by atoms with Crippen LogP contribution in [0.1, 0.15) is 50.5 Å². The Bertz CT molecular complexity index is 899. The third kappa shape index (κ3) is 6.34. The number of hydrogen-bond acceptors (Lipinski definition) is 5. The molecule has 0 bridgehead atoms. The summed E-state index contributed by atoms with van der Waals surface area (Å²) in [6.07, 6.45) is -1.90. The summed E-state index contributed by atoms with van der Waals surface area (Å²) >= 11 is 0. The number of benzene rings is 2. The van der Waals surface area contributed by atoms with E-state index in [1.54, 1.807) is 31.2 Å². The second kappa shape index (κ2) is 9.43. The number of esters is 1. The van der Waals surface area contributed by atoms with Gasteiger partial charge in [0.15, 0.2) is 12.2 Å². The van der Waals surface area contributed by atoms with Crippen molar-refractivity contribution in [3.8, 4) is 5.75 Å². The van der Waals surface area contributed by atoms with E-state index in [1.807, 2.05) is 12.1 Å². The lowest BCUT2D eigenvalue weighted by molar-refractivity contribution is -0.159. The third-order valence-corrected chi connectivity index (χ3v) is 4.46. The number of hydrogen-bond donors (Lipinski definition) is 2. The monoisotopic (exact) mass is 412 g/mol. The van der Waals surface area contributed by atoms with Gasteiger partial charge in [0.05, 0.1) is 0 Å². The second-order valence-electron chi connectivity index (χ2n) is 8.04. The van der Waals surface area contributed by atoms with Crippen molar-refractivity contribution in [2.45, 2.75) is 52.2 Å². The van der Waals surface area contributed by atoms with Crippen LogP contribution in [0.25, 0.3) is 0 Å². The number of rotatable bonds is 7. The van der Waals surface area contributed by atoms with Gasteiger partial charge in [-0.1, -0.05) is 32.9 Å². The van der Waals surface area contributed by atoms with Crippen LogP contribution in [-0.2, 0) is 19.7 Å². The van der Waals surface area contributed by atoms with Crippen LogP contribution in [0, 0.1) is 0 Å². The Morgan fingerprint density at radius 1 is 0.900 bits per heavy atom. The summed E-state index contributed by atoms with van der Waals surface area (Å²) in [5, 5.41) is 2.61. The number of nitrogens with two attached hydrogens (primary N) is 1. The van der Waals surface area contributed by atoms with Crippen molar-refractivity contribution >= 4 is 23.5 Å². The molecule has 0 heterocycles. The Morgan fingerprint density at radius 3 is 1.97 bits per heavy atom. The summed E-state index contributed by atoms with van der Waals surface area (Å²) in [4.78, 5) is 35.6.